The highest BCUT2D eigenvalue weighted by Crippen LogP contribution is 2.19. The molecule has 16 heavy (non-hydrogen) atoms. The van der Waals surface area contributed by atoms with Gasteiger partial charge in [-0.05, 0) is 40.2 Å². The topological polar surface area (TPSA) is 48.7 Å². The van der Waals surface area contributed by atoms with Gasteiger partial charge in [-0.25, -0.2) is 4.98 Å². The first-order valence-electron chi connectivity index (χ1n) is 4.67. The van der Waals surface area contributed by atoms with Crippen molar-refractivity contribution >= 4 is 27.4 Å². The second-order valence-corrected chi connectivity index (χ2v) is 4.06. The summed E-state index contributed by atoms with van der Waals surface area (Å²) in [6.45, 7) is 0. The molecule has 0 aliphatic heterocycles. The molecule has 0 aliphatic carbocycles. The second kappa shape index (κ2) is 4.77. The summed E-state index contributed by atoms with van der Waals surface area (Å²) in [6, 6.07) is 13.2. The molecule has 0 spiro atoms. The molecule has 0 atom stereocenters. The summed E-state index contributed by atoms with van der Waals surface area (Å²) in [7, 11) is 0. The smallest absolute Gasteiger partial charge is 0.130 e. The molecule has 0 saturated heterocycles. The lowest BCUT2D eigenvalue weighted by Crippen LogP contribution is -1.95. The summed E-state index contributed by atoms with van der Waals surface area (Å²) in [6.07, 6.45) is 1.71. The molecular weight excluding hydrogens is 266 g/mol. The highest BCUT2D eigenvalue weighted by atomic mass is 79.9. The number of aromatic nitrogens is 1. The van der Waals surface area contributed by atoms with E-state index in [0.717, 1.165) is 10.2 Å². The van der Waals surface area contributed by atoms with Crippen molar-refractivity contribution in [1.82, 2.24) is 4.98 Å². The van der Waals surface area contributed by atoms with Crippen molar-refractivity contribution in [3.8, 4) is 6.07 Å². The van der Waals surface area contributed by atoms with E-state index in [-0.39, 0.29) is 0 Å². The number of hydrogen-bond acceptors (Lipinski definition) is 3. The van der Waals surface area contributed by atoms with Gasteiger partial charge in [0.25, 0.3) is 0 Å². The van der Waals surface area contributed by atoms with Gasteiger partial charge in [-0.1, -0.05) is 12.1 Å². The van der Waals surface area contributed by atoms with E-state index >= 15 is 0 Å². The fourth-order valence-corrected chi connectivity index (χ4v) is 1.51. The lowest BCUT2D eigenvalue weighted by atomic mass is 10.2. The Balaban J connectivity index is 2.27. The Morgan fingerprint density at radius 2 is 2.00 bits per heavy atom. The first-order chi connectivity index (χ1) is 7.79. The SMILES string of the molecule is N#Cc1ccccc1Nc1ccc(Br)cn1. The Hall–Kier alpha value is -1.86. The molecule has 0 fully saturated rings. The Bertz CT molecular complexity index is 529. The van der Waals surface area contributed by atoms with Crippen molar-refractivity contribution in [2.75, 3.05) is 5.32 Å². The molecule has 4 heteroatoms. The lowest BCUT2D eigenvalue weighted by Gasteiger charge is -2.06. The zero-order chi connectivity index (χ0) is 11.4. The van der Waals surface area contributed by atoms with Crippen LogP contribution in [0.1, 0.15) is 5.56 Å². The summed E-state index contributed by atoms with van der Waals surface area (Å²) in [5, 5.41) is 12.0. The van der Waals surface area contributed by atoms with Gasteiger partial charge in [-0.2, -0.15) is 5.26 Å². The van der Waals surface area contributed by atoms with Gasteiger partial charge in [-0.3, -0.25) is 0 Å². The molecule has 78 valence electrons. The monoisotopic (exact) mass is 273 g/mol. The van der Waals surface area contributed by atoms with E-state index in [0.29, 0.717) is 11.4 Å². The molecule has 3 nitrogen and oxygen atoms in total. The van der Waals surface area contributed by atoms with E-state index in [4.69, 9.17) is 5.26 Å². The lowest BCUT2D eigenvalue weighted by molar-refractivity contribution is 1.29. The van der Waals surface area contributed by atoms with Crippen LogP contribution in [0.25, 0.3) is 0 Å². The van der Waals surface area contributed by atoms with Gasteiger partial charge in [0.1, 0.15) is 11.9 Å². The largest absolute Gasteiger partial charge is 0.339 e. The van der Waals surface area contributed by atoms with Gasteiger partial charge in [-0.15, -0.1) is 0 Å². The normalized spacial score (nSPS) is 9.50. The maximum absolute atomic E-state index is 8.92. The minimum absolute atomic E-state index is 0.604. The van der Waals surface area contributed by atoms with Crippen LogP contribution < -0.4 is 5.32 Å². The summed E-state index contributed by atoms with van der Waals surface area (Å²) in [5.74, 6) is 0.714. The molecule has 0 unspecified atom stereocenters. The third-order valence-electron chi connectivity index (χ3n) is 2.04. The summed E-state index contributed by atoms with van der Waals surface area (Å²) in [4.78, 5) is 4.18. The average molecular weight is 274 g/mol. The number of halogens is 1. The fourth-order valence-electron chi connectivity index (χ4n) is 1.28. The summed E-state index contributed by atoms with van der Waals surface area (Å²) < 4.78 is 0.923. The summed E-state index contributed by atoms with van der Waals surface area (Å²) in [5.41, 5.74) is 1.37. The van der Waals surface area contributed by atoms with E-state index < -0.39 is 0 Å². The van der Waals surface area contributed by atoms with Crippen molar-refractivity contribution in [1.29, 1.82) is 5.26 Å². The van der Waals surface area contributed by atoms with Crippen LogP contribution in [0.5, 0.6) is 0 Å². The number of hydrogen-bond donors (Lipinski definition) is 1. The molecule has 1 aromatic carbocycles. The third kappa shape index (κ3) is 2.38. The minimum atomic E-state index is 0.604. The molecule has 0 amide bonds. The van der Waals surface area contributed by atoms with E-state index in [9.17, 15) is 0 Å². The molecular formula is C12H8BrN3. The van der Waals surface area contributed by atoms with Crippen LogP contribution in [-0.2, 0) is 0 Å². The summed E-state index contributed by atoms with van der Waals surface area (Å²) >= 11 is 3.32. The molecule has 0 radical (unpaired) electrons. The van der Waals surface area contributed by atoms with Crippen molar-refractivity contribution in [2.24, 2.45) is 0 Å². The van der Waals surface area contributed by atoms with Crippen LogP contribution in [0.3, 0.4) is 0 Å². The van der Waals surface area contributed by atoms with Crippen LogP contribution in [0.4, 0.5) is 11.5 Å². The molecule has 0 aliphatic rings. The molecule has 1 N–H and O–H groups in total. The molecule has 0 bridgehead atoms. The van der Waals surface area contributed by atoms with Crippen molar-refractivity contribution in [3.63, 3.8) is 0 Å². The second-order valence-electron chi connectivity index (χ2n) is 3.14. The van der Waals surface area contributed by atoms with Crippen LogP contribution in [0, 0.1) is 11.3 Å². The standard InChI is InChI=1S/C12H8BrN3/c13-10-5-6-12(15-8-10)16-11-4-2-1-3-9(11)7-14/h1-6,8H,(H,15,16). The van der Waals surface area contributed by atoms with Crippen LogP contribution in [0.2, 0.25) is 0 Å². The number of nitriles is 1. The zero-order valence-corrected chi connectivity index (χ0v) is 9.90. The van der Waals surface area contributed by atoms with Gasteiger partial charge < -0.3 is 5.32 Å². The molecule has 1 heterocycles. The maximum atomic E-state index is 8.92. The number of rotatable bonds is 2. The van der Waals surface area contributed by atoms with Gasteiger partial charge in [0.05, 0.1) is 11.3 Å². The van der Waals surface area contributed by atoms with Crippen LogP contribution >= 0.6 is 15.9 Å². The highest BCUT2D eigenvalue weighted by molar-refractivity contribution is 9.10. The van der Waals surface area contributed by atoms with E-state index in [1.54, 1.807) is 12.3 Å². The first kappa shape index (κ1) is 10.7. The number of pyridine rings is 1. The Morgan fingerprint density at radius 1 is 1.19 bits per heavy atom. The van der Waals surface area contributed by atoms with Gasteiger partial charge in [0.15, 0.2) is 0 Å². The maximum Gasteiger partial charge on any atom is 0.130 e. The van der Waals surface area contributed by atoms with E-state index in [1.807, 2.05) is 30.3 Å². The highest BCUT2D eigenvalue weighted by Gasteiger charge is 2.01. The minimum Gasteiger partial charge on any atom is -0.339 e. The Morgan fingerprint density at radius 3 is 2.69 bits per heavy atom. The molecule has 2 aromatic rings. The zero-order valence-electron chi connectivity index (χ0n) is 8.31. The average Bonchev–Trinajstić information content (AvgIpc) is 2.33. The number of nitrogens with zero attached hydrogens (tertiary/aromatic N) is 2. The van der Waals surface area contributed by atoms with Crippen molar-refractivity contribution in [2.45, 2.75) is 0 Å². The number of nitrogens with one attached hydrogen (secondary N) is 1. The van der Waals surface area contributed by atoms with Gasteiger partial charge >= 0.3 is 0 Å². The Labute approximate surface area is 102 Å². The Kier molecular flexibility index (Phi) is 3.18. The quantitative estimate of drug-likeness (QED) is 0.912. The predicted molar refractivity (Wildman–Crippen MR) is 66.4 cm³/mol. The van der Waals surface area contributed by atoms with Gasteiger partial charge in [0.2, 0.25) is 0 Å². The van der Waals surface area contributed by atoms with Crippen molar-refractivity contribution in [3.05, 3.63) is 52.6 Å². The molecule has 1 aromatic heterocycles. The van der Waals surface area contributed by atoms with Crippen LogP contribution in [-0.4, -0.2) is 4.98 Å². The van der Waals surface area contributed by atoms with Gasteiger partial charge in [0, 0.05) is 10.7 Å². The van der Waals surface area contributed by atoms with Crippen LogP contribution in [0.15, 0.2) is 47.1 Å². The molecule has 2 rings (SSSR count). The molecule has 0 saturated carbocycles. The van der Waals surface area contributed by atoms with E-state index in [2.05, 4.69) is 32.3 Å². The first-order valence-corrected chi connectivity index (χ1v) is 5.46. The van der Waals surface area contributed by atoms with Crippen molar-refractivity contribution < 1.29 is 0 Å². The number of para-hydroxylation sites is 1. The predicted octanol–water partition coefficient (Wildman–Crippen LogP) is 3.46. The van der Waals surface area contributed by atoms with E-state index in [1.165, 1.54) is 0 Å². The third-order valence-corrected chi connectivity index (χ3v) is 2.51. The number of anilines is 2. The fraction of sp³-hybridized carbons (Fsp3) is 0. The number of benzene rings is 1.